The Morgan fingerprint density at radius 1 is 1.45 bits per heavy atom. The van der Waals surface area contributed by atoms with Gasteiger partial charge < -0.3 is 11.1 Å². The lowest BCUT2D eigenvalue weighted by Gasteiger charge is -2.05. The Hall–Kier alpha value is -1.24. The Balaban J connectivity index is 2.03. The molecule has 20 heavy (non-hydrogen) atoms. The molecule has 1 heterocycles. The number of carbonyl (C=O) groups is 1. The van der Waals surface area contributed by atoms with Crippen LogP contribution in [-0.2, 0) is 6.54 Å². The van der Waals surface area contributed by atoms with E-state index in [9.17, 15) is 4.79 Å². The second-order valence-electron chi connectivity index (χ2n) is 4.31. The van der Waals surface area contributed by atoms with Crippen molar-refractivity contribution in [1.29, 1.82) is 0 Å². The predicted molar refractivity (Wildman–Crippen MR) is 90.3 cm³/mol. The molecule has 0 aliphatic heterocycles. The smallest absolute Gasteiger partial charge is 0.261 e. The van der Waals surface area contributed by atoms with Gasteiger partial charge >= 0.3 is 0 Å². The fraction of sp³-hybridized carbons (Fsp3) is 0.143. The summed E-state index contributed by atoms with van der Waals surface area (Å²) in [6.07, 6.45) is 0. The number of amides is 1. The Bertz CT molecular complexity index is 647. The van der Waals surface area contributed by atoms with E-state index in [1.54, 1.807) is 0 Å². The highest BCUT2D eigenvalue weighted by atomic mass is 79.9. The molecule has 0 unspecified atom stereocenters. The van der Waals surface area contributed by atoms with Gasteiger partial charge in [0.2, 0.25) is 0 Å². The average molecular weight is 369 g/mol. The van der Waals surface area contributed by atoms with Crippen LogP contribution in [0.3, 0.4) is 0 Å². The van der Waals surface area contributed by atoms with E-state index in [4.69, 9.17) is 18.0 Å². The van der Waals surface area contributed by atoms with Gasteiger partial charge in [0.15, 0.2) is 0 Å². The number of benzene rings is 1. The lowest BCUT2D eigenvalue weighted by atomic mass is 10.1. The lowest BCUT2D eigenvalue weighted by Crippen LogP contribution is -2.22. The first-order valence-electron chi connectivity index (χ1n) is 5.90. The van der Waals surface area contributed by atoms with Gasteiger partial charge in [-0.15, -0.1) is 11.3 Å². The number of thiocarbonyl (C=S) groups is 1. The molecule has 104 valence electrons. The maximum Gasteiger partial charge on any atom is 0.261 e. The van der Waals surface area contributed by atoms with E-state index in [0.717, 1.165) is 20.5 Å². The Kier molecular flexibility index (Phi) is 4.91. The molecule has 0 atom stereocenters. The van der Waals surface area contributed by atoms with Crippen molar-refractivity contribution in [2.75, 3.05) is 0 Å². The Morgan fingerprint density at radius 3 is 2.80 bits per heavy atom. The van der Waals surface area contributed by atoms with E-state index < -0.39 is 0 Å². The number of aryl methyl sites for hydroxylation is 1. The molecule has 1 aromatic heterocycles. The van der Waals surface area contributed by atoms with Crippen molar-refractivity contribution in [3.8, 4) is 0 Å². The first-order chi connectivity index (χ1) is 9.47. The summed E-state index contributed by atoms with van der Waals surface area (Å²) in [5.74, 6) is -0.0791. The highest BCUT2D eigenvalue weighted by Crippen LogP contribution is 2.27. The molecule has 0 aliphatic carbocycles. The van der Waals surface area contributed by atoms with Gasteiger partial charge in [-0.1, -0.05) is 30.4 Å². The number of nitrogens with one attached hydrogen (secondary N) is 1. The minimum atomic E-state index is -0.0791. The number of hydrogen-bond donors (Lipinski definition) is 2. The minimum absolute atomic E-state index is 0.0791. The molecule has 0 fully saturated rings. The van der Waals surface area contributed by atoms with Crippen LogP contribution in [0, 0.1) is 6.92 Å². The number of nitrogens with two attached hydrogens (primary N) is 1. The van der Waals surface area contributed by atoms with Gasteiger partial charge in [0.05, 0.1) is 8.66 Å². The number of thiophene rings is 1. The average Bonchev–Trinajstić information content (AvgIpc) is 2.76. The van der Waals surface area contributed by atoms with E-state index in [0.29, 0.717) is 16.4 Å². The van der Waals surface area contributed by atoms with Gasteiger partial charge in [-0.3, -0.25) is 4.79 Å². The first kappa shape index (κ1) is 15.2. The monoisotopic (exact) mass is 368 g/mol. The van der Waals surface area contributed by atoms with Crippen molar-refractivity contribution in [1.82, 2.24) is 5.32 Å². The molecule has 2 aromatic rings. The molecule has 0 radical (unpaired) electrons. The van der Waals surface area contributed by atoms with E-state index in [-0.39, 0.29) is 5.91 Å². The molecule has 0 bridgehead atoms. The van der Waals surface area contributed by atoms with Crippen molar-refractivity contribution in [3.63, 3.8) is 0 Å². The van der Waals surface area contributed by atoms with Crippen LogP contribution in [-0.4, -0.2) is 10.9 Å². The highest BCUT2D eigenvalue weighted by Gasteiger charge is 2.10. The number of halogens is 1. The fourth-order valence-corrected chi connectivity index (χ4v) is 3.25. The van der Waals surface area contributed by atoms with E-state index in [1.807, 2.05) is 37.3 Å². The second-order valence-corrected chi connectivity index (χ2v) is 7.12. The second kappa shape index (κ2) is 6.47. The maximum atomic E-state index is 12.0. The minimum Gasteiger partial charge on any atom is -0.389 e. The summed E-state index contributed by atoms with van der Waals surface area (Å²) in [5.41, 5.74) is 8.43. The summed E-state index contributed by atoms with van der Waals surface area (Å²) in [5, 5.41) is 2.89. The van der Waals surface area contributed by atoms with Crippen molar-refractivity contribution in [2.45, 2.75) is 13.5 Å². The maximum absolute atomic E-state index is 12.0. The molecule has 6 heteroatoms. The summed E-state index contributed by atoms with van der Waals surface area (Å²) in [6.45, 7) is 2.41. The summed E-state index contributed by atoms with van der Waals surface area (Å²) < 4.78 is 0.984. The normalized spacial score (nSPS) is 10.3. The Labute approximate surface area is 135 Å². The third kappa shape index (κ3) is 3.65. The van der Waals surface area contributed by atoms with Gasteiger partial charge in [-0.05, 0) is 46.1 Å². The fourth-order valence-electron chi connectivity index (χ4n) is 1.68. The van der Waals surface area contributed by atoms with Gasteiger partial charge in [0.1, 0.15) is 4.99 Å². The molecular weight excluding hydrogens is 356 g/mol. The summed E-state index contributed by atoms with van der Waals surface area (Å²) >= 11 is 9.78. The molecule has 0 saturated heterocycles. The van der Waals surface area contributed by atoms with E-state index in [1.165, 1.54) is 11.3 Å². The third-order valence-electron chi connectivity index (χ3n) is 2.75. The first-order valence-corrected chi connectivity index (χ1v) is 7.92. The Morgan fingerprint density at radius 2 is 2.20 bits per heavy atom. The van der Waals surface area contributed by atoms with Gasteiger partial charge in [-0.2, -0.15) is 0 Å². The molecule has 1 amide bonds. The lowest BCUT2D eigenvalue weighted by molar-refractivity contribution is 0.0955. The molecule has 2 rings (SSSR count). The van der Waals surface area contributed by atoms with Crippen LogP contribution >= 0.6 is 39.5 Å². The molecule has 1 aromatic carbocycles. The molecule has 0 spiro atoms. The van der Waals surface area contributed by atoms with E-state index in [2.05, 4.69) is 21.2 Å². The zero-order valence-electron chi connectivity index (χ0n) is 10.8. The summed E-state index contributed by atoms with van der Waals surface area (Å²) in [6, 6.07) is 9.42. The van der Waals surface area contributed by atoms with E-state index >= 15 is 0 Å². The molecule has 3 N–H and O–H groups in total. The van der Waals surface area contributed by atoms with Crippen LogP contribution in [0.5, 0.6) is 0 Å². The SMILES string of the molecule is Cc1cc(C(=O)NCc2cccc(C(N)=S)c2)sc1Br. The number of rotatable bonds is 4. The van der Waals surface area contributed by atoms with Crippen molar-refractivity contribution in [3.05, 3.63) is 55.7 Å². The van der Waals surface area contributed by atoms with Crippen LogP contribution in [0.2, 0.25) is 0 Å². The van der Waals surface area contributed by atoms with Crippen LogP contribution < -0.4 is 11.1 Å². The zero-order valence-corrected chi connectivity index (χ0v) is 14.0. The molecular formula is C14H13BrN2OS2. The number of carbonyl (C=O) groups excluding carboxylic acids is 1. The summed E-state index contributed by atoms with van der Waals surface area (Å²) in [7, 11) is 0. The standard InChI is InChI=1S/C14H13BrN2OS2/c1-8-5-11(20-12(8)15)14(18)17-7-9-3-2-4-10(6-9)13(16)19/h2-6H,7H2,1H3,(H2,16,19)(H,17,18). The molecule has 0 saturated carbocycles. The zero-order chi connectivity index (χ0) is 14.7. The highest BCUT2D eigenvalue weighted by molar-refractivity contribution is 9.11. The predicted octanol–water partition coefficient (Wildman–Crippen LogP) is 3.38. The van der Waals surface area contributed by atoms with Crippen LogP contribution in [0.1, 0.15) is 26.4 Å². The van der Waals surface area contributed by atoms with Crippen LogP contribution in [0.15, 0.2) is 34.1 Å². The molecule has 3 nitrogen and oxygen atoms in total. The van der Waals surface area contributed by atoms with Gasteiger partial charge in [0.25, 0.3) is 5.91 Å². The van der Waals surface area contributed by atoms with Crippen LogP contribution in [0.25, 0.3) is 0 Å². The quantitative estimate of drug-likeness (QED) is 0.813. The topological polar surface area (TPSA) is 55.1 Å². The van der Waals surface area contributed by atoms with Gasteiger partial charge in [0, 0.05) is 12.1 Å². The van der Waals surface area contributed by atoms with Crippen molar-refractivity contribution in [2.24, 2.45) is 5.73 Å². The number of hydrogen-bond acceptors (Lipinski definition) is 3. The van der Waals surface area contributed by atoms with Gasteiger partial charge in [-0.25, -0.2) is 0 Å². The van der Waals surface area contributed by atoms with Crippen LogP contribution in [0.4, 0.5) is 0 Å². The van der Waals surface area contributed by atoms with Crippen molar-refractivity contribution >= 4 is 50.4 Å². The largest absolute Gasteiger partial charge is 0.389 e. The van der Waals surface area contributed by atoms with Crippen molar-refractivity contribution < 1.29 is 4.79 Å². The molecule has 0 aliphatic rings. The third-order valence-corrected chi connectivity index (χ3v) is 5.12. The summed E-state index contributed by atoms with van der Waals surface area (Å²) in [4.78, 5) is 13.1.